The lowest BCUT2D eigenvalue weighted by Gasteiger charge is -2.33. The van der Waals surface area contributed by atoms with E-state index in [-0.39, 0.29) is 30.9 Å². The van der Waals surface area contributed by atoms with Crippen molar-refractivity contribution >= 4 is 61.7 Å². The topological polar surface area (TPSA) is 197 Å². The quantitative estimate of drug-likeness (QED) is 0.223. The number of allylic oxidation sites excluding steroid dienone is 2. The molecule has 8 rings (SSSR count). The van der Waals surface area contributed by atoms with Crippen molar-refractivity contribution in [1.82, 2.24) is 24.9 Å². The number of sulfonamides is 1. The number of hydrogen-bond acceptors (Lipinski definition) is 10. The minimum Gasteiger partial charge on any atom is -0.465 e. The van der Waals surface area contributed by atoms with E-state index in [2.05, 4.69) is 10.0 Å². The van der Waals surface area contributed by atoms with Crippen LogP contribution in [0.25, 0.3) is 33.1 Å². The van der Waals surface area contributed by atoms with Crippen molar-refractivity contribution in [1.29, 1.82) is 0 Å². The summed E-state index contributed by atoms with van der Waals surface area (Å²) in [5.41, 5.74) is 4.12. The standard InChI is InChI=1S/C40H40N6O8S/c47-34-18-19-36(54-39-37(42-29-13-5-6-14-30(29)43-39)27-12-7-10-23-8-1-3-11-26(23)27)46-33(28(21-35(46)48)38(49)45-55(52,53)25-16-17-25)22-41-32-20-24(32)9-2-4-15-31(34)44-40(50)51/h1,3,5-8,10-14,22,25,28,31,33,36,44H,2,4,9,15-21H2,(H,45,49)(H,50,51)/t28-,31-,33-,36+/m0/s1. The van der Waals surface area contributed by atoms with E-state index in [0.717, 1.165) is 28.5 Å². The Labute approximate surface area is 317 Å². The smallest absolute Gasteiger partial charge is 0.405 e. The van der Waals surface area contributed by atoms with Crippen molar-refractivity contribution in [3.63, 3.8) is 0 Å². The molecule has 1 saturated carbocycles. The molecule has 55 heavy (non-hydrogen) atoms. The number of rotatable bonds is 7. The van der Waals surface area contributed by atoms with Crippen LogP contribution < -0.4 is 14.8 Å². The molecule has 3 heterocycles. The summed E-state index contributed by atoms with van der Waals surface area (Å²) in [6.45, 7) is 0. The van der Waals surface area contributed by atoms with Gasteiger partial charge in [0.15, 0.2) is 12.0 Å². The molecule has 15 heteroatoms. The molecule has 0 spiro atoms. The number of para-hydroxylation sites is 2. The molecule has 4 aliphatic rings. The van der Waals surface area contributed by atoms with Gasteiger partial charge in [-0.3, -0.25) is 29.0 Å². The van der Waals surface area contributed by atoms with Gasteiger partial charge >= 0.3 is 6.09 Å². The number of hydrogen-bond donors (Lipinski definition) is 3. The van der Waals surface area contributed by atoms with Crippen LogP contribution in [0.5, 0.6) is 5.88 Å². The van der Waals surface area contributed by atoms with E-state index in [1.165, 1.54) is 11.1 Å². The Bertz CT molecular complexity index is 2390. The van der Waals surface area contributed by atoms with Crippen LogP contribution in [0, 0.1) is 5.92 Å². The van der Waals surface area contributed by atoms with Gasteiger partial charge in [-0.2, -0.15) is 0 Å². The van der Waals surface area contributed by atoms with Gasteiger partial charge in [0, 0.05) is 43.2 Å². The van der Waals surface area contributed by atoms with Crippen LogP contribution in [0.1, 0.15) is 64.2 Å². The summed E-state index contributed by atoms with van der Waals surface area (Å²) >= 11 is 0. The first-order valence-corrected chi connectivity index (χ1v) is 20.2. The number of aromatic nitrogens is 2. The Hall–Kier alpha value is -5.70. The van der Waals surface area contributed by atoms with Crippen molar-refractivity contribution in [2.45, 2.75) is 87.8 Å². The number of ketones is 1. The molecule has 0 bridgehead atoms. The van der Waals surface area contributed by atoms with Gasteiger partial charge in [-0.25, -0.2) is 23.2 Å². The number of carbonyl (C=O) groups excluding carboxylic acids is 3. The number of nitrogens with zero attached hydrogens (tertiary/aromatic N) is 4. The molecule has 4 aromatic rings. The van der Waals surface area contributed by atoms with Gasteiger partial charge < -0.3 is 15.2 Å². The summed E-state index contributed by atoms with van der Waals surface area (Å²) in [6, 6.07) is 18.8. The van der Waals surface area contributed by atoms with Gasteiger partial charge in [0.05, 0.1) is 34.3 Å². The molecule has 0 unspecified atom stereocenters. The fraction of sp³-hybridized carbons (Fsp3) is 0.375. The molecule has 1 aromatic heterocycles. The number of carboxylic acid groups (broad SMARTS) is 1. The molecule has 3 N–H and O–H groups in total. The summed E-state index contributed by atoms with van der Waals surface area (Å²) < 4.78 is 34.8. The average Bonchev–Trinajstić information content (AvgIpc) is 4.11. The van der Waals surface area contributed by atoms with Crippen molar-refractivity contribution in [3.05, 3.63) is 78.0 Å². The molecule has 2 fully saturated rings. The van der Waals surface area contributed by atoms with Gasteiger partial charge in [0.25, 0.3) is 0 Å². The normalized spacial score (nSPS) is 23.5. The predicted octanol–water partition coefficient (Wildman–Crippen LogP) is 5.27. The van der Waals surface area contributed by atoms with Crippen LogP contribution >= 0.6 is 0 Å². The monoisotopic (exact) mass is 764 g/mol. The van der Waals surface area contributed by atoms with E-state index in [0.29, 0.717) is 60.8 Å². The van der Waals surface area contributed by atoms with Crippen LogP contribution in [-0.2, 0) is 24.4 Å². The van der Waals surface area contributed by atoms with Gasteiger partial charge in [-0.1, -0.05) is 61.0 Å². The van der Waals surface area contributed by atoms with Gasteiger partial charge in [0.2, 0.25) is 27.7 Å². The SMILES string of the molecule is O=C(O)N[C@H]1CCCCC2=C(C2)N=C[C@H]2[C@@H](C(=O)NS(=O)(=O)C3CC3)CC(=O)N2[C@H](Oc2nc3ccccc3nc2-c2cccc3ccccc23)CCC1=O. The van der Waals surface area contributed by atoms with Crippen LogP contribution in [0.3, 0.4) is 0 Å². The Morgan fingerprint density at radius 3 is 2.40 bits per heavy atom. The predicted molar refractivity (Wildman–Crippen MR) is 204 cm³/mol. The lowest BCUT2D eigenvalue weighted by molar-refractivity contribution is -0.137. The first-order valence-electron chi connectivity index (χ1n) is 18.6. The Balaban J connectivity index is 1.23. The van der Waals surface area contributed by atoms with Crippen molar-refractivity contribution in [2.75, 3.05) is 0 Å². The van der Waals surface area contributed by atoms with Crippen LogP contribution in [0.15, 0.2) is 83.0 Å². The second-order valence-electron chi connectivity index (χ2n) is 14.5. The van der Waals surface area contributed by atoms with E-state index in [9.17, 15) is 32.7 Å². The number of aliphatic imine (C=N–C) groups is 1. The van der Waals surface area contributed by atoms with E-state index in [1.807, 2.05) is 60.7 Å². The molecule has 0 radical (unpaired) electrons. The van der Waals surface area contributed by atoms with E-state index >= 15 is 0 Å². The van der Waals surface area contributed by atoms with Crippen molar-refractivity contribution in [3.8, 4) is 17.1 Å². The lowest BCUT2D eigenvalue weighted by Crippen LogP contribution is -2.50. The molecule has 1 saturated heterocycles. The van der Waals surface area contributed by atoms with Gasteiger partial charge in [0.1, 0.15) is 5.69 Å². The molecule has 2 aliphatic carbocycles. The third kappa shape index (κ3) is 7.79. The first-order chi connectivity index (χ1) is 26.6. The number of benzene rings is 3. The number of ether oxygens (including phenoxy) is 1. The van der Waals surface area contributed by atoms with E-state index in [4.69, 9.17) is 19.7 Å². The van der Waals surface area contributed by atoms with E-state index in [1.54, 1.807) is 6.07 Å². The first kappa shape index (κ1) is 36.3. The zero-order valence-corrected chi connectivity index (χ0v) is 30.7. The Morgan fingerprint density at radius 2 is 1.62 bits per heavy atom. The average molecular weight is 765 g/mol. The number of Topliss-reactive ketones (excluding diaryl/α,β-unsaturated/α-hetero) is 1. The molecular formula is C40H40N6O8S. The van der Waals surface area contributed by atoms with E-state index < -0.39 is 57.4 Å². The van der Waals surface area contributed by atoms with Crippen molar-refractivity contribution in [2.24, 2.45) is 10.9 Å². The maximum Gasteiger partial charge on any atom is 0.405 e. The fourth-order valence-electron chi connectivity index (χ4n) is 7.57. The zero-order chi connectivity index (χ0) is 38.3. The van der Waals surface area contributed by atoms with Gasteiger partial charge in [-0.15, -0.1) is 0 Å². The molecule has 3 aromatic carbocycles. The maximum atomic E-state index is 14.2. The van der Waals surface area contributed by atoms with Crippen molar-refractivity contribution < 1.29 is 37.4 Å². The highest BCUT2D eigenvalue weighted by Crippen LogP contribution is 2.39. The number of nitrogens with one attached hydrogen (secondary N) is 2. The molecule has 2 aliphatic heterocycles. The minimum absolute atomic E-state index is 0.0746. The number of carbonyl (C=O) groups is 4. The molecule has 284 valence electrons. The second-order valence-corrected chi connectivity index (χ2v) is 16.5. The summed E-state index contributed by atoms with van der Waals surface area (Å²) in [5.74, 6) is -2.76. The molecule has 3 amide bonds. The summed E-state index contributed by atoms with van der Waals surface area (Å²) in [5, 5.41) is 13.1. The fourth-order valence-corrected chi connectivity index (χ4v) is 8.92. The number of fused-ring (bicyclic) bond motifs is 3. The molecule has 14 nitrogen and oxygen atoms in total. The zero-order valence-electron chi connectivity index (χ0n) is 29.9. The summed E-state index contributed by atoms with van der Waals surface area (Å²) in [6.07, 6.45) is 2.24. The summed E-state index contributed by atoms with van der Waals surface area (Å²) in [4.78, 5) is 69.4. The third-order valence-corrected chi connectivity index (χ3v) is 12.5. The summed E-state index contributed by atoms with van der Waals surface area (Å²) in [7, 11) is -3.93. The largest absolute Gasteiger partial charge is 0.465 e. The third-order valence-electron chi connectivity index (χ3n) is 10.7. The van der Waals surface area contributed by atoms with Crippen LogP contribution in [0.2, 0.25) is 0 Å². The van der Waals surface area contributed by atoms with Gasteiger partial charge in [-0.05, 0) is 60.6 Å². The Kier molecular flexibility index (Phi) is 9.80. The van der Waals surface area contributed by atoms with Crippen LogP contribution in [0.4, 0.5) is 4.79 Å². The second kappa shape index (κ2) is 14.9. The minimum atomic E-state index is -3.93. The maximum absolute atomic E-state index is 14.2. The molecule has 4 atom stereocenters. The Morgan fingerprint density at radius 1 is 0.873 bits per heavy atom. The van der Waals surface area contributed by atoms with Crippen LogP contribution in [-0.4, -0.2) is 81.9 Å². The molecular weight excluding hydrogens is 725 g/mol. The highest BCUT2D eigenvalue weighted by Gasteiger charge is 2.49. The lowest BCUT2D eigenvalue weighted by atomic mass is 9.99. The number of amides is 3. The highest BCUT2D eigenvalue weighted by molar-refractivity contribution is 7.90. The highest BCUT2D eigenvalue weighted by atomic mass is 32.2.